The standard InChI is InChI=1S/C14H19NO4/c1-2-17-9-6-15-14(16)11-4-5-12-13(10-11)19-8-3-7-18-12/h4-5,10H,2-3,6-9H2,1H3,(H,15,16). The van der Waals surface area contributed by atoms with E-state index in [0.717, 1.165) is 6.42 Å². The third kappa shape index (κ3) is 3.86. The van der Waals surface area contributed by atoms with Crippen molar-refractivity contribution in [2.24, 2.45) is 0 Å². The van der Waals surface area contributed by atoms with Crippen LogP contribution in [0, 0.1) is 0 Å². The van der Waals surface area contributed by atoms with E-state index in [1.165, 1.54) is 0 Å². The van der Waals surface area contributed by atoms with Crippen LogP contribution in [0.15, 0.2) is 18.2 Å². The van der Waals surface area contributed by atoms with E-state index in [4.69, 9.17) is 14.2 Å². The van der Waals surface area contributed by atoms with Crippen LogP contribution in [0.5, 0.6) is 11.5 Å². The van der Waals surface area contributed by atoms with Crippen LogP contribution in [0.2, 0.25) is 0 Å². The van der Waals surface area contributed by atoms with Crippen LogP contribution in [-0.4, -0.2) is 38.9 Å². The number of hydrogen-bond donors (Lipinski definition) is 1. The van der Waals surface area contributed by atoms with Gasteiger partial charge in [0.2, 0.25) is 0 Å². The fourth-order valence-corrected chi connectivity index (χ4v) is 1.79. The molecule has 0 fully saturated rings. The minimum atomic E-state index is -0.129. The normalized spacial score (nSPS) is 13.7. The second-order valence-corrected chi connectivity index (χ2v) is 4.16. The molecular formula is C14H19NO4. The van der Waals surface area contributed by atoms with Gasteiger partial charge in [0.15, 0.2) is 11.5 Å². The molecule has 1 aliphatic heterocycles. The van der Waals surface area contributed by atoms with Gasteiger partial charge in [-0.25, -0.2) is 0 Å². The highest BCUT2D eigenvalue weighted by Gasteiger charge is 2.13. The Morgan fingerprint density at radius 2 is 2.11 bits per heavy atom. The number of ether oxygens (including phenoxy) is 3. The minimum Gasteiger partial charge on any atom is -0.490 e. The van der Waals surface area contributed by atoms with Gasteiger partial charge in [-0.05, 0) is 25.1 Å². The third-order valence-corrected chi connectivity index (χ3v) is 2.75. The molecule has 0 unspecified atom stereocenters. The summed E-state index contributed by atoms with van der Waals surface area (Å²) in [6, 6.07) is 5.23. The van der Waals surface area contributed by atoms with Gasteiger partial charge >= 0.3 is 0 Å². The SMILES string of the molecule is CCOCCNC(=O)c1ccc2c(c1)OCCCO2. The molecule has 1 aliphatic rings. The van der Waals surface area contributed by atoms with Crippen LogP contribution in [0.4, 0.5) is 0 Å². The number of benzene rings is 1. The van der Waals surface area contributed by atoms with Crippen molar-refractivity contribution in [1.29, 1.82) is 0 Å². The molecule has 1 amide bonds. The van der Waals surface area contributed by atoms with Gasteiger partial charge in [-0.2, -0.15) is 0 Å². The van der Waals surface area contributed by atoms with Crippen LogP contribution < -0.4 is 14.8 Å². The molecule has 2 rings (SSSR count). The molecule has 1 aromatic rings. The Morgan fingerprint density at radius 3 is 2.89 bits per heavy atom. The highest BCUT2D eigenvalue weighted by Crippen LogP contribution is 2.30. The van der Waals surface area contributed by atoms with Crippen LogP contribution in [0.25, 0.3) is 0 Å². The summed E-state index contributed by atoms with van der Waals surface area (Å²) in [5, 5.41) is 2.80. The predicted molar refractivity (Wildman–Crippen MR) is 70.9 cm³/mol. The first-order chi connectivity index (χ1) is 9.31. The van der Waals surface area contributed by atoms with E-state index in [-0.39, 0.29) is 5.91 Å². The van der Waals surface area contributed by atoms with Gasteiger partial charge < -0.3 is 19.5 Å². The molecule has 0 radical (unpaired) electrons. The lowest BCUT2D eigenvalue weighted by atomic mass is 10.2. The van der Waals surface area contributed by atoms with Crippen molar-refractivity contribution in [3.63, 3.8) is 0 Å². The molecule has 19 heavy (non-hydrogen) atoms. The van der Waals surface area contributed by atoms with Crippen molar-refractivity contribution in [1.82, 2.24) is 5.32 Å². The second kappa shape index (κ2) is 6.99. The molecule has 104 valence electrons. The summed E-state index contributed by atoms with van der Waals surface area (Å²) in [6.07, 6.45) is 0.852. The van der Waals surface area contributed by atoms with Crippen LogP contribution in [0.1, 0.15) is 23.7 Å². The third-order valence-electron chi connectivity index (χ3n) is 2.75. The molecule has 1 heterocycles. The lowest BCUT2D eigenvalue weighted by Gasteiger charge is -2.09. The van der Waals surface area contributed by atoms with E-state index < -0.39 is 0 Å². The first kappa shape index (κ1) is 13.7. The molecule has 0 atom stereocenters. The molecule has 1 aromatic carbocycles. The van der Waals surface area contributed by atoms with Gasteiger partial charge in [-0.3, -0.25) is 4.79 Å². The Bertz CT molecular complexity index is 433. The van der Waals surface area contributed by atoms with Gasteiger partial charge in [-0.1, -0.05) is 0 Å². The highest BCUT2D eigenvalue weighted by molar-refractivity contribution is 5.94. The number of carbonyl (C=O) groups is 1. The van der Waals surface area contributed by atoms with Crippen molar-refractivity contribution in [2.45, 2.75) is 13.3 Å². The topological polar surface area (TPSA) is 56.8 Å². The number of hydrogen-bond acceptors (Lipinski definition) is 4. The number of carbonyl (C=O) groups excluding carboxylic acids is 1. The monoisotopic (exact) mass is 265 g/mol. The summed E-state index contributed by atoms with van der Waals surface area (Å²) in [6.45, 7) is 4.86. The molecule has 0 aliphatic carbocycles. The van der Waals surface area contributed by atoms with E-state index >= 15 is 0 Å². The summed E-state index contributed by atoms with van der Waals surface area (Å²) < 4.78 is 16.2. The summed E-state index contributed by atoms with van der Waals surface area (Å²) in [5.41, 5.74) is 0.570. The van der Waals surface area contributed by atoms with Gasteiger partial charge in [0.25, 0.3) is 5.91 Å². The Labute approximate surface area is 112 Å². The average Bonchev–Trinajstić information content (AvgIpc) is 2.67. The van der Waals surface area contributed by atoms with E-state index in [1.807, 2.05) is 6.92 Å². The number of nitrogens with one attached hydrogen (secondary N) is 1. The Morgan fingerprint density at radius 1 is 1.32 bits per heavy atom. The zero-order chi connectivity index (χ0) is 13.5. The fourth-order valence-electron chi connectivity index (χ4n) is 1.79. The smallest absolute Gasteiger partial charge is 0.251 e. The van der Waals surface area contributed by atoms with E-state index in [1.54, 1.807) is 18.2 Å². The first-order valence-corrected chi connectivity index (χ1v) is 6.57. The van der Waals surface area contributed by atoms with Crippen molar-refractivity contribution in [2.75, 3.05) is 33.0 Å². The minimum absolute atomic E-state index is 0.129. The average molecular weight is 265 g/mol. The van der Waals surface area contributed by atoms with E-state index in [2.05, 4.69) is 5.32 Å². The molecule has 0 bridgehead atoms. The zero-order valence-corrected chi connectivity index (χ0v) is 11.1. The van der Waals surface area contributed by atoms with E-state index in [9.17, 15) is 4.79 Å². The van der Waals surface area contributed by atoms with Gasteiger partial charge in [-0.15, -0.1) is 0 Å². The Balaban J connectivity index is 1.96. The lowest BCUT2D eigenvalue weighted by Crippen LogP contribution is -2.27. The summed E-state index contributed by atoms with van der Waals surface area (Å²) in [7, 11) is 0. The lowest BCUT2D eigenvalue weighted by molar-refractivity contribution is 0.0922. The molecule has 0 saturated carbocycles. The molecule has 5 heteroatoms. The van der Waals surface area contributed by atoms with Crippen molar-refractivity contribution in [3.05, 3.63) is 23.8 Å². The molecule has 0 saturated heterocycles. The van der Waals surface area contributed by atoms with Gasteiger partial charge in [0.1, 0.15) is 0 Å². The van der Waals surface area contributed by atoms with Crippen LogP contribution >= 0.6 is 0 Å². The molecule has 0 aromatic heterocycles. The maximum absolute atomic E-state index is 11.9. The van der Waals surface area contributed by atoms with Crippen molar-refractivity contribution < 1.29 is 19.0 Å². The summed E-state index contributed by atoms with van der Waals surface area (Å²) in [5.74, 6) is 1.20. The summed E-state index contributed by atoms with van der Waals surface area (Å²) in [4.78, 5) is 11.9. The fraction of sp³-hybridized carbons (Fsp3) is 0.500. The van der Waals surface area contributed by atoms with Crippen molar-refractivity contribution in [3.8, 4) is 11.5 Å². The zero-order valence-electron chi connectivity index (χ0n) is 11.1. The largest absolute Gasteiger partial charge is 0.490 e. The predicted octanol–water partition coefficient (Wildman–Crippen LogP) is 1.61. The molecular weight excluding hydrogens is 246 g/mol. The Hall–Kier alpha value is -1.75. The maximum atomic E-state index is 11.9. The first-order valence-electron chi connectivity index (χ1n) is 6.57. The van der Waals surface area contributed by atoms with Gasteiger partial charge in [0.05, 0.1) is 19.8 Å². The highest BCUT2D eigenvalue weighted by atomic mass is 16.5. The Kier molecular flexibility index (Phi) is 5.03. The van der Waals surface area contributed by atoms with Gasteiger partial charge in [0, 0.05) is 25.1 Å². The summed E-state index contributed by atoms with van der Waals surface area (Å²) >= 11 is 0. The number of rotatable bonds is 5. The van der Waals surface area contributed by atoms with E-state index in [0.29, 0.717) is 50.0 Å². The second-order valence-electron chi connectivity index (χ2n) is 4.16. The van der Waals surface area contributed by atoms with Crippen LogP contribution in [-0.2, 0) is 4.74 Å². The molecule has 1 N–H and O–H groups in total. The molecule has 5 nitrogen and oxygen atoms in total. The van der Waals surface area contributed by atoms with Crippen molar-refractivity contribution >= 4 is 5.91 Å². The van der Waals surface area contributed by atoms with Crippen LogP contribution in [0.3, 0.4) is 0 Å². The number of fused-ring (bicyclic) bond motifs is 1. The number of amides is 1. The quantitative estimate of drug-likeness (QED) is 0.822. The maximum Gasteiger partial charge on any atom is 0.251 e. The molecule has 0 spiro atoms.